The molecule has 0 N–H and O–H groups in total. The molecule has 1 aliphatic heterocycles. The molecule has 1 heterocycles. The quantitative estimate of drug-likeness (QED) is 0.817. The van der Waals surface area contributed by atoms with E-state index in [4.69, 9.17) is 10.00 Å². The van der Waals surface area contributed by atoms with Crippen LogP contribution >= 0.6 is 11.8 Å². The van der Waals surface area contributed by atoms with Crippen LogP contribution in [-0.2, 0) is 14.6 Å². The van der Waals surface area contributed by atoms with Gasteiger partial charge in [0.15, 0.2) is 15.3 Å². The van der Waals surface area contributed by atoms with Crippen molar-refractivity contribution in [2.45, 2.75) is 10.9 Å². The lowest BCUT2D eigenvalue weighted by Crippen LogP contribution is -2.21. The van der Waals surface area contributed by atoms with Crippen LogP contribution in [0.25, 0.3) is 0 Å². The summed E-state index contributed by atoms with van der Waals surface area (Å²) >= 11 is 1.46. The summed E-state index contributed by atoms with van der Waals surface area (Å²) in [4.78, 5) is 0. The van der Waals surface area contributed by atoms with Crippen molar-refractivity contribution < 1.29 is 13.2 Å². The second-order valence-corrected chi connectivity index (χ2v) is 7.07. The van der Waals surface area contributed by atoms with Crippen LogP contribution in [0.2, 0.25) is 0 Å². The number of benzene rings is 1. The van der Waals surface area contributed by atoms with E-state index in [0.717, 1.165) is 5.56 Å². The summed E-state index contributed by atoms with van der Waals surface area (Å²) in [5.41, 5.74) is 0.479. The molecule has 2 unspecified atom stereocenters. The number of rotatable bonds is 2. The Balaban J connectivity index is 2.13. The average molecular weight is 269 g/mol. The lowest BCUT2D eigenvalue weighted by atomic mass is 10.1. The Hall–Kier alpha value is -1.03. The number of hydrogen-bond acceptors (Lipinski definition) is 5. The van der Waals surface area contributed by atoms with Crippen molar-refractivity contribution >= 4 is 21.6 Å². The highest BCUT2D eigenvalue weighted by atomic mass is 32.2. The van der Waals surface area contributed by atoms with Gasteiger partial charge in [-0.3, -0.25) is 0 Å². The number of sulfone groups is 1. The second-order valence-electron chi connectivity index (χ2n) is 3.79. The molecule has 0 amide bonds. The van der Waals surface area contributed by atoms with Gasteiger partial charge in [0.05, 0.1) is 11.6 Å². The summed E-state index contributed by atoms with van der Waals surface area (Å²) < 4.78 is 28.1. The number of nitriles is 1. The van der Waals surface area contributed by atoms with E-state index >= 15 is 0 Å². The molecular weight excluding hydrogens is 258 g/mol. The molecule has 1 fully saturated rings. The van der Waals surface area contributed by atoms with E-state index in [1.54, 1.807) is 24.3 Å². The normalized spacial score (nSPS) is 24.5. The van der Waals surface area contributed by atoms with Crippen LogP contribution < -0.4 is 0 Å². The number of hydrogen-bond donors (Lipinski definition) is 0. The van der Waals surface area contributed by atoms with Crippen molar-refractivity contribution in [1.29, 1.82) is 5.26 Å². The third-order valence-electron chi connectivity index (χ3n) is 2.45. The van der Waals surface area contributed by atoms with Gasteiger partial charge in [-0.1, -0.05) is 12.1 Å². The Bertz CT molecular complexity index is 545. The molecule has 90 valence electrons. The SMILES string of the molecule is CS(=O)(=O)C1CSC(c2ccc(C#N)cc2)O1. The maximum Gasteiger partial charge on any atom is 0.175 e. The van der Waals surface area contributed by atoms with Crippen LogP contribution in [0.4, 0.5) is 0 Å². The Morgan fingerprint density at radius 2 is 2.06 bits per heavy atom. The van der Waals surface area contributed by atoms with Crippen molar-refractivity contribution in [3.8, 4) is 6.07 Å². The smallest absolute Gasteiger partial charge is 0.175 e. The molecule has 1 aromatic rings. The lowest BCUT2D eigenvalue weighted by molar-refractivity contribution is 0.116. The highest BCUT2D eigenvalue weighted by Crippen LogP contribution is 2.39. The van der Waals surface area contributed by atoms with Crippen molar-refractivity contribution in [2.75, 3.05) is 12.0 Å². The van der Waals surface area contributed by atoms with Gasteiger partial charge >= 0.3 is 0 Å². The predicted octanol–water partition coefficient (Wildman–Crippen LogP) is 1.69. The minimum atomic E-state index is -3.15. The van der Waals surface area contributed by atoms with Crippen molar-refractivity contribution in [3.05, 3.63) is 35.4 Å². The van der Waals surface area contributed by atoms with Crippen LogP contribution in [0.15, 0.2) is 24.3 Å². The third-order valence-corrected chi connectivity index (χ3v) is 5.07. The maximum atomic E-state index is 11.3. The monoisotopic (exact) mass is 269 g/mol. The molecule has 1 aromatic carbocycles. The van der Waals surface area contributed by atoms with Gasteiger partial charge in [-0.05, 0) is 17.7 Å². The van der Waals surface area contributed by atoms with Crippen LogP contribution in [0, 0.1) is 11.3 Å². The highest BCUT2D eigenvalue weighted by Gasteiger charge is 2.33. The molecule has 2 rings (SSSR count). The molecular formula is C11H11NO3S2. The van der Waals surface area contributed by atoms with Crippen LogP contribution in [-0.4, -0.2) is 25.9 Å². The second kappa shape index (κ2) is 4.69. The number of nitrogens with zero attached hydrogens (tertiary/aromatic N) is 1. The third kappa shape index (κ3) is 2.80. The summed E-state index contributed by atoms with van der Waals surface area (Å²) in [7, 11) is -3.15. The van der Waals surface area contributed by atoms with Gasteiger partial charge in [0.1, 0.15) is 5.44 Å². The zero-order valence-electron chi connectivity index (χ0n) is 9.16. The fraction of sp³-hybridized carbons (Fsp3) is 0.364. The molecule has 6 heteroatoms. The van der Waals surface area contributed by atoms with Crippen LogP contribution in [0.5, 0.6) is 0 Å². The Labute approximate surface area is 105 Å². The molecule has 0 aromatic heterocycles. The van der Waals surface area contributed by atoms with Crippen molar-refractivity contribution in [2.24, 2.45) is 0 Å². The van der Waals surface area contributed by atoms with Gasteiger partial charge in [-0.25, -0.2) is 8.42 Å². The Morgan fingerprint density at radius 1 is 1.41 bits per heavy atom. The zero-order chi connectivity index (χ0) is 12.5. The summed E-state index contributed by atoms with van der Waals surface area (Å²) in [6, 6.07) is 9.02. The summed E-state index contributed by atoms with van der Waals surface area (Å²) in [5.74, 6) is 0.448. The molecule has 4 nitrogen and oxygen atoms in total. The van der Waals surface area contributed by atoms with E-state index < -0.39 is 15.3 Å². The minimum absolute atomic E-state index is 0.262. The largest absolute Gasteiger partial charge is 0.343 e. The molecule has 0 bridgehead atoms. The van der Waals surface area contributed by atoms with Gasteiger partial charge in [0.2, 0.25) is 0 Å². The summed E-state index contributed by atoms with van der Waals surface area (Å²) in [5, 5.41) is 8.68. The van der Waals surface area contributed by atoms with E-state index in [9.17, 15) is 8.42 Å². The molecule has 1 saturated heterocycles. The van der Waals surface area contributed by atoms with Gasteiger partial charge in [0.25, 0.3) is 0 Å². The zero-order valence-corrected chi connectivity index (χ0v) is 10.8. The molecule has 0 radical (unpaired) electrons. The first-order chi connectivity index (χ1) is 8.00. The molecule has 17 heavy (non-hydrogen) atoms. The van der Waals surface area contributed by atoms with E-state index in [-0.39, 0.29) is 5.44 Å². The fourth-order valence-corrected chi connectivity index (χ4v) is 4.08. The standard InChI is InChI=1S/C11H11NO3S2/c1-17(13,14)10-7-16-11(15-10)9-4-2-8(6-12)3-5-9/h2-5,10-11H,7H2,1H3. The van der Waals surface area contributed by atoms with Gasteiger partial charge in [0, 0.05) is 12.0 Å². The van der Waals surface area contributed by atoms with Crippen molar-refractivity contribution in [1.82, 2.24) is 0 Å². The molecule has 1 aliphatic rings. The van der Waals surface area contributed by atoms with Crippen LogP contribution in [0.3, 0.4) is 0 Å². The van der Waals surface area contributed by atoms with Crippen LogP contribution in [0.1, 0.15) is 16.6 Å². The first-order valence-corrected chi connectivity index (χ1v) is 7.97. The lowest BCUT2D eigenvalue weighted by Gasteiger charge is -2.11. The van der Waals surface area contributed by atoms with E-state index in [1.807, 2.05) is 6.07 Å². The Kier molecular flexibility index (Phi) is 3.43. The van der Waals surface area contributed by atoms with E-state index in [2.05, 4.69) is 0 Å². The van der Waals surface area contributed by atoms with Gasteiger partial charge in [-0.15, -0.1) is 11.8 Å². The van der Waals surface area contributed by atoms with E-state index in [0.29, 0.717) is 11.3 Å². The van der Waals surface area contributed by atoms with Gasteiger partial charge < -0.3 is 4.74 Å². The number of thioether (sulfide) groups is 1. The molecule has 0 saturated carbocycles. The fourth-order valence-electron chi connectivity index (χ4n) is 1.50. The first-order valence-electron chi connectivity index (χ1n) is 4.96. The molecule has 0 spiro atoms. The first kappa shape index (κ1) is 12.4. The predicted molar refractivity (Wildman–Crippen MR) is 66.1 cm³/mol. The average Bonchev–Trinajstić information content (AvgIpc) is 2.78. The topological polar surface area (TPSA) is 67.2 Å². The summed E-state index contributed by atoms with van der Waals surface area (Å²) in [6.07, 6.45) is 1.18. The molecule has 2 atom stereocenters. The minimum Gasteiger partial charge on any atom is -0.343 e. The maximum absolute atomic E-state index is 11.3. The molecule has 0 aliphatic carbocycles. The Morgan fingerprint density at radius 3 is 2.53 bits per heavy atom. The van der Waals surface area contributed by atoms with Gasteiger partial charge in [-0.2, -0.15) is 5.26 Å². The number of ether oxygens (including phenoxy) is 1. The summed E-state index contributed by atoms with van der Waals surface area (Å²) in [6.45, 7) is 0. The van der Waals surface area contributed by atoms with E-state index in [1.165, 1.54) is 18.0 Å². The highest BCUT2D eigenvalue weighted by molar-refractivity contribution is 8.01. The van der Waals surface area contributed by atoms with Crippen molar-refractivity contribution in [3.63, 3.8) is 0 Å².